The van der Waals surface area contributed by atoms with Crippen LogP contribution < -0.4 is 0 Å². The molecular weight excluding hydrogens is 263 g/mol. The summed E-state index contributed by atoms with van der Waals surface area (Å²) >= 11 is 5.99. The molecule has 0 aliphatic carbocycles. The number of aliphatic hydroxyl groups excluding tert-OH is 1. The zero-order chi connectivity index (χ0) is 14.0. The number of hydrogen-bond acceptors (Lipinski definition) is 1. The third-order valence-electron chi connectivity index (χ3n) is 3.15. The molecule has 0 spiro atoms. The SMILES string of the molecule is Cc1cccc(CC(O)c2cc(C)c(F)cc2Cl)c1. The van der Waals surface area contributed by atoms with E-state index in [1.165, 1.54) is 6.07 Å². The highest BCUT2D eigenvalue weighted by Crippen LogP contribution is 2.28. The predicted molar refractivity (Wildman–Crippen MR) is 76.0 cm³/mol. The van der Waals surface area contributed by atoms with Crippen molar-refractivity contribution in [2.75, 3.05) is 0 Å². The lowest BCUT2D eigenvalue weighted by molar-refractivity contribution is 0.178. The molecule has 2 aromatic carbocycles. The van der Waals surface area contributed by atoms with Crippen LogP contribution in [0.1, 0.15) is 28.4 Å². The number of halogens is 2. The first-order chi connectivity index (χ1) is 8.97. The van der Waals surface area contributed by atoms with Crippen LogP contribution in [0.2, 0.25) is 5.02 Å². The van der Waals surface area contributed by atoms with Crippen molar-refractivity contribution in [1.29, 1.82) is 0 Å². The molecule has 0 aliphatic heterocycles. The molecule has 2 aromatic rings. The first kappa shape index (κ1) is 14.0. The molecule has 19 heavy (non-hydrogen) atoms. The van der Waals surface area contributed by atoms with Gasteiger partial charge in [0.15, 0.2) is 0 Å². The smallest absolute Gasteiger partial charge is 0.127 e. The van der Waals surface area contributed by atoms with E-state index >= 15 is 0 Å². The Hall–Kier alpha value is -1.38. The van der Waals surface area contributed by atoms with Crippen LogP contribution in [0.3, 0.4) is 0 Å². The highest BCUT2D eigenvalue weighted by molar-refractivity contribution is 6.31. The van der Waals surface area contributed by atoms with E-state index in [2.05, 4.69) is 0 Å². The summed E-state index contributed by atoms with van der Waals surface area (Å²) in [4.78, 5) is 0. The van der Waals surface area contributed by atoms with Crippen LogP contribution >= 0.6 is 11.6 Å². The lowest BCUT2D eigenvalue weighted by Crippen LogP contribution is -2.04. The van der Waals surface area contributed by atoms with Gasteiger partial charge in [-0.1, -0.05) is 41.4 Å². The summed E-state index contributed by atoms with van der Waals surface area (Å²) in [5, 5.41) is 10.5. The van der Waals surface area contributed by atoms with Gasteiger partial charge in [0.2, 0.25) is 0 Å². The summed E-state index contributed by atoms with van der Waals surface area (Å²) in [6.07, 6.45) is -0.263. The van der Waals surface area contributed by atoms with Gasteiger partial charge in [0.05, 0.1) is 6.10 Å². The molecule has 100 valence electrons. The molecule has 0 fully saturated rings. The Morgan fingerprint density at radius 1 is 1.21 bits per heavy atom. The van der Waals surface area contributed by atoms with E-state index in [1.807, 2.05) is 31.2 Å². The first-order valence-corrected chi connectivity index (χ1v) is 6.54. The van der Waals surface area contributed by atoms with Crippen molar-refractivity contribution < 1.29 is 9.50 Å². The van der Waals surface area contributed by atoms with Crippen molar-refractivity contribution in [3.63, 3.8) is 0 Å². The maximum Gasteiger partial charge on any atom is 0.127 e. The van der Waals surface area contributed by atoms with E-state index in [-0.39, 0.29) is 10.8 Å². The molecule has 0 radical (unpaired) electrons. The first-order valence-electron chi connectivity index (χ1n) is 6.16. The van der Waals surface area contributed by atoms with Gasteiger partial charge in [-0.15, -0.1) is 0 Å². The van der Waals surface area contributed by atoms with Crippen LogP contribution in [0.4, 0.5) is 4.39 Å². The van der Waals surface area contributed by atoms with Crippen LogP contribution in [0.25, 0.3) is 0 Å². The van der Waals surface area contributed by atoms with Crippen LogP contribution in [-0.2, 0) is 6.42 Å². The van der Waals surface area contributed by atoms with Crippen molar-refractivity contribution in [3.05, 3.63) is 69.5 Å². The highest BCUT2D eigenvalue weighted by Gasteiger charge is 2.14. The molecular formula is C16H16ClFO. The molecule has 1 unspecified atom stereocenters. The molecule has 1 N–H and O–H groups in total. The van der Waals surface area contributed by atoms with Crippen LogP contribution in [0.15, 0.2) is 36.4 Å². The van der Waals surface area contributed by atoms with Crippen molar-refractivity contribution in [2.24, 2.45) is 0 Å². The fourth-order valence-electron chi connectivity index (χ4n) is 2.11. The molecule has 1 atom stereocenters. The van der Waals surface area contributed by atoms with Crippen LogP contribution in [0, 0.1) is 19.7 Å². The zero-order valence-corrected chi connectivity index (χ0v) is 11.7. The average molecular weight is 279 g/mol. The zero-order valence-electron chi connectivity index (χ0n) is 11.0. The summed E-state index contributed by atoms with van der Waals surface area (Å²) in [6.45, 7) is 3.67. The summed E-state index contributed by atoms with van der Waals surface area (Å²) in [7, 11) is 0. The van der Waals surface area contributed by atoms with Gasteiger partial charge in [-0.25, -0.2) is 4.39 Å². The fourth-order valence-corrected chi connectivity index (χ4v) is 2.38. The molecule has 2 rings (SSSR count). The van der Waals surface area contributed by atoms with E-state index in [4.69, 9.17) is 11.6 Å². The lowest BCUT2D eigenvalue weighted by Gasteiger charge is -2.14. The molecule has 0 heterocycles. The topological polar surface area (TPSA) is 20.2 Å². The number of benzene rings is 2. The Bertz CT molecular complexity index is 595. The van der Waals surface area contributed by atoms with E-state index in [9.17, 15) is 9.50 Å². The number of aryl methyl sites for hydroxylation is 2. The Morgan fingerprint density at radius 2 is 1.95 bits per heavy atom. The Kier molecular flexibility index (Phi) is 4.23. The molecule has 0 aromatic heterocycles. The van der Waals surface area contributed by atoms with Gasteiger partial charge in [0, 0.05) is 11.4 Å². The van der Waals surface area contributed by atoms with Gasteiger partial charge in [-0.3, -0.25) is 0 Å². The highest BCUT2D eigenvalue weighted by atomic mass is 35.5. The number of hydrogen-bond donors (Lipinski definition) is 1. The molecule has 0 amide bonds. The number of rotatable bonds is 3. The van der Waals surface area contributed by atoms with Gasteiger partial charge in [0.25, 0.3) is 0 Å². The van der Waals surface area contributed by atoms with Gasteiger partial charge in [-0.2, -0.15) is 0 Å². The average Bonchev–Trinajstić information content (AvgIpc) is 2.33. The fraction of sp³-hybridized carbons (Fsp3) is 0.250. The Labute approximate surface area is 117 Å². The number of aliphatic hydroxyl groups is 1. The molecule has 0 bridgehead atoms. The van der Waals surface area contributed by atoms with E-state index in [0.29, 0.717) is 17.5 Å². The standard InChI is InChI=1S/C16H16ClFO/c1-10-4-3-5-12(6-10)8-16(19)13-7-11(2)15(18)9-14(13)17/h3-7,9,16,19H,8H2,1-2H3. The third-order valence-corrected chi connectivity index (χ3v) is 3.48. The Morgan fingerprint density at radius 3 is 2.63 bits per heavy atom. The largest absolute Gasteiger partial charge is 0.388 e. The normalized spacial score (nSPS) is 12.5. The lowest BCUT2D eigenvalue weighted by atomic mass is 9.99. The molecule has 3 heteroatoms. The van der Waals surface area contributed by atoms with Crippen molar-refractivity contribution in [1.82, 2.24) is 0 Å². The van der Waals surface area contributed by atoms with E-state index in [0.717, 1.165) is 11.1 Å². The second-order valence-corrected chi connectivity index (χ2v) is 5.24. The molecule has 0 saturated carbocycles. The monoisotopic (exact) mass is 278 g/mol. The quantitative estimate of drug-likeness (QED) is 0.884. The minimum absolute atomic E-state index is 0.267. The van der Waals surface area contributed by atoms with E-state index in [1.54, 1.807) is 13.0 Å². The Balaban J connectivity index is 2.25. The van der Waals surface area contributed by atoms with Gasteiger partial charge in [0.1, 0.15) is 5.82 Å². The molecule has 0 aliphatic rings. The predicted octanol–water partition coefficient (Wildman–Crippen LogP) is 4.37. The van der Waals surface area contributed by atoms with Gasteiger partial charge < -0.3 is 5.11 Å². The third kappa shape index (κ3) is 3.34. The summed E-state index contributed by atoms with van der Waals surface area (Å²) in [5.41, 5.74) is 3.24. The summed E-state index contributed by atoms with van der Waals surface area (Å²) < 4.78 is 13.3. The van der Waals surface area contributed by atoms with Crippen molar-refractivity contribution in [2.45, 2.75) is 26.4 Å². The second-order valence-electron chi connectivity index (χ2n) is 4.83. The van der Waals surface area contributed by atoms with Crippen LogP contribution in [0.5, 0.6) is 0 Å². The summed E-state index contributed by atoms with van der Waals surface area (Å²) in [5.74, 6) is -0.350. The van der Waals surface area contributed by atoms with Gasteiger partial charge >= 0.3 is 0 Å². The summed E-state index contributed by atoms with van der Waals surface area (Å²) in [6, 6.07) is 10.8. The van der Waals surface area contributed by atoms with E-state index < -0.39 is 6.10 Å². The van der Waals surface area contributed by atoms with Crippen molar-refractivity contribution in [3.8, 4) is 0 Å². The van der Waals surface area contributed by atoms with Crippen LogP contribution in [-0.4, -0.2) is 5.11 Å². The van der Waals surface area contributed by atoms with Gasteiger partial charge in [-0.05, 0) is 42.7 Å². The minimum atomic E-state index is -0.728. The second kappa shape index (κ2) is 5.72. The molecule has 0 saturated heterocycles. The van der Waals surface area contributed by atoms with Crippen molar-refractivity contribution >= 4 is 11.6 Å². The minimum Gasteiger partial charge on any atom is -0.388 e. The maximum absolute atomic E-state index is 13.3. The maximum atomic E-state index is 13.3. The molecule has 1 nitrogen and oxygen atoms in total.